The van der Waals surface area contributed by atoms with Crippen LogP contribution in [0.15, 0.2) is 4.99 Å². The van der Waals surface area contributed by atoms with Crippen molar-refractivity contribution >= 4 is 35.9 Å². The maximum Gasteiger partial charge on any atom is 0.308 e. The molecule has 1 aliphatic heterocycles. The molecule has 4 fully saturated rings. The summed E-state index contributed by atoms with van der Waals surface area (Å²) < 4.78 is 11.2. The number of hydrogen-bond donors (Lipinski definition) is 2. The van der Waals surface area contributed by atoms with Gasteiger partial charge in [0, 0.05) is 37.1 Å². The number of nitrogens with one attached hydrogen (secondary N) is 2. The van der Waals surface area contributed by atoms with Gasteiger partial charge in [-0.1, -0.05) is 6.42 Å². The SMILES string of the molecule is CCOC(=O)C1CCC(NC(=NC)NC2C3CCOC3C23CCC3)CC1.I. The number of carbonyl (C=O) groups is 1. The van der Waals surface area contributed by atoms with Crippen LogP contribution in [0.4, 0.5) is 0 Å². The molecule has 0 bridgehead atoms. The van der Waals surface area contributed by atoms with Gasteiger partial charge in [0.15, 0.2) is 5.96 Å². The lowest BCUT2D eigenvalue weighted by Gasteiger charge is -2.63. The first-order valence-electron chi connectivity index (χ1n) is 10.5. The van der Waals surface area contributed by atoms with E-state index in [-0.39, 0.29) is 35.9 Å². The van der Waals surface area contributed by atoms with E-state index in [4.69, 9.17) is 9.47 Å². The van der Waals surface area contributed by atoms with E-state index in [1.165, 1.54) is 25.7 Å². The number of esters is 1. The summed E-state index contributed by atoms with van der Waals surface area (Å²) in [5.41, 5.74) is 0.361. The Labute approximate surface area is 179 Å². The topological polar surface area (TPSA) is 72.0 Å². The minimum atomic E-state index is -0.0258. The van der Waals surface area contributed by atoms with E-state index in [9.17, 15) is 4.79 Å². The molecule has 1 heterocycles. The molecule has 27 heavy (non-hydrogen) atoms. The molecule has 0 aromatic carbocycles. The van der Waals surface area contributed by atoms with Crippen molar-refractivity contribution < 1.29 is 14.3 Å². The summed E-state index contributed by atoms with van der Waals surface area (Å²) in [7, 11) is 1.86. The Hall–Kier alpha value is -0.570. The molecule has 3 unspecified atom stereocenters. The fourth-order valence-corrected chi connectivity index (χ4v) is 5.70. The second-order valence-corrected chi connectivity index (χ2v) is 8.47. The van der Waals surface area contributed by atoms with E-state index in [1.807, 2.05) is 14.0 Å². The monoisotopic (exact) mass is 491 g/mol. The van der Waals surface area contributed by atoms with Gasteiger partial charge in [0.1, 0.15) is 0 Å². The van der Waals surface area contributed by atoms with Crippen LogP contribution in [0, 0.1) is 17.3 Å². The molecular formula is C20H34IN3O3. The number of carbonyl (C=O) groups excluding carboxylic acids is 1. The lowest BCUT2D eigenvalue weighted by atomic mass is 9.46. The van der Waals surface area contributed by atoms with Gasteiger partial charge >= 0.3 is 5.97 Å². The van der Waals surface area contributed by atoms with E-state index < -0.39 is 0 Å². The highest BCUT2D eigenvalue weighted by molar-refractivity contribution is 14.0. The quantitative estimate of drug-likeness (QED) is 0.274. The van der Waals surface area contributed by atoms with Gasteiger partial charge in [0.05, 0.1) is 18.6 Å². The third-order valence-electron chi connectivity index (χ3n) is 7.24. The molecule has 6 nitrogen and oxygen atoms in total. The zero-order chi connectivity index (χ0) is 18.1. The molecule has 2 N–H and O–H groups in total. The predicted octanol–water partition coefficient (Wildman–Crippen LogP) is 2.85. The molecule has 0 amide bonds. The first kappa shape index (κ1) is 21.1. The Balaban J connectivity index is 0.00000210. The zero-order valence-electron chi connectivity index (χ0n) is 16.5. The van der Waals surface area contributed by atoms with E-state index in [1.54, 1.807) is 0 Å². The Morgan fingerprint density at radius 3 is 2.52 bits per heavy atom. The fraction of sp³-hybridized carbons (Fsp3) is 0.900. The average molecular weight is 491 g/mol. The number of halogens is 1. The molecular weight excluding hydrogens is 457 g/mol. The van der Waals surface area contributed by atoms with Crippen molar-refractivity contribution in [1.82, 2.24) is 10.6 Å². The van der Waals surface area contributed by atoms with E-state index in [0.717, 1.165) is 38.2 Å². The van der Waals surface area contributed by atoms with Gasteiger partial charge in [0.25, 0.3) is 0 Å². The van der Waals surface area contributed by atoms with Crippen LogP contribution in [-0.2, 0) is 14.3 Å². The van der Waals surface area contributed by atoms with Crippen LogP contribution >= 0.6 is 24.0 Å². The van der Waals surface area contributed by atoms with Gasteiger partial charge in [0.2, 0.25) is 0 Å². The molecule has 4 rings (SSSR count). The standard InChI is InChI=1S/C20H33N3O3.HI/c1-3-25-18(24)13-5-7-14(8-6-13)22-19(21-2)23-16-15-9-12-26-17(15)20(16)10-4-11-20;/h13-17H,3-12H2,1-2H3,(H2,21,22,23);1H. The second kappa shape index (κ2) is 8.84. The number of ether oxygens (including phenoxy) is 2. The highest BCUT2D eigenvalue weighted by Crippen LogP contribution is 2.62. The van der Waals surface area contributed by atoms with Crippen LogP contribution in [0.1, 0.15) is 58.3 Å². The minimum absolute atomic E-state index is 0. The first-order chi connectivity index (χ1) is 12.7. The molecule has 0 aromatic heterocycles. The van der Waals surface area contributed by atoms with Crippen LogP contribution in [0.25, 0.3) is 0 Å². The third kappa shape index (κ3) is 3.82. The largest absolute Gasteiger partial charge is 0.466 e. The molecule has 3 aliphatic carbocycles. The van der Waals surface area contributed by atoms with Crippen molar-refractivity contribution in [2.75, 3.05) is 20.3 Å². The summed E-state index contributed by atoms with van der Waals surface area (Å²) in [6.07, 6.45) is 9.34. The molecule has 3 saturated carbocycles. The van der Waals surface area contributed by atoms with Crippen molar-refractivity contribution in [1.29, 1.82) is 0 Å². The third-order valence-corrected chi connectivity index (χ3v) is 7.24. The highest BCUT2D eigenvalue weighted by atomic mass is 127. The van der Waals surface area contributed by atoms with Crippen molar-refractivity contribution in [3.05, 3.63) is 0 Å². The molecule has 4 aliphatic rings. The van der Waals surface area contributed by atoms with Gasteiger partial charge in [-0.3, -0.25) is 9.79 Å². The van der Waals surface area contributed by atoms with Crippen LogP contribution in [0.3, 0.4) is 0 Å². The maximum absolute atomic E-state index is 11.9. The Kier molecular flexibility index (Phi) is 6.93. The highest BCUT2D eigenvalue weighted by Gasteiger charge is 2.66. The lowest BCUT2D eigenvalue weighted by molar-refractivity contribution is -0.171. The van der Waals surface area contributed by atoms with E-state index in [2.05, 4.69) is 15.6 Å². The van der Waals surface area contributed by atoms with Crippen molar-refractivity contribution in [3.63, 3.8) is 0 Å². The summed E-state index contributed by atoms with van der Waals surface area (Å²) >= 11 is 0. The average Bonchev–Trinajstić information content (AvgIpc) is 3.03. The van der Waals surface area contributed by atoms with Gasteiger partial charge in [-0.15, -0.1) is 24.0 Å². The smallest absolute Gasteiger partial charge is 0.308 e. The number of rotatable bonds is 4. The Bertz CT molecular complexity index is 559. The summed E-state index contributed by atoms with van der Waals surface area (Å²) in [6.45, 7) is 3.26. The summed E-state index contributed by atoms with van der Waals surface area (Å²) in [6, 6.07) is 0.894. The number of fused-ring (bicyclic) bond motifs is 2. The maximum atomic E-state index is 11.9. The first-order valence-corrected chi connectivity index (χ1v) is 10.5. The molecule has 7 heteroatoms. The summed E-state index contributed by atoms with van der Waals surface area (Å²) in [4.78, 5) is 16.4. The summed E-state index contributed by atoms with van der Waals surface area (Å²) in [5, 5.41) is 7.34. The van der Waals surface area contributed by atoms with Crippen LogP contribution < -0.4 is 10.6 Å². The van der Waals surface area contributed by atoms with Crippen LogP contribution in [-0.4, -0.2) is 50.4 Å². The van der Waals surface area contributed by atoms with Crippen LogP contribution in [0.5, 0.6) is 0 Å². The van der Waals surface area contributed by atoms with E-state index >= 15 is 0 Å². The molecule has 3 atom stereocenters. The van der Waals surface area contributed by atoms with E-state index in [0.29, 0.717) is 36.1 Å². The molecule has 154 valence electrons. The zero-order valence-corrected chi connectivity index (χ0v) is 18.9. The molecule has 1 spiro atoms. The lowest BCUT2D eigenvalue weighted by Crippen LogP contribution is -2.72. The van der Waals surface area contributed by atoms with Gasteiger partial charge < -0.3 is 20.1 Å². The predicted molar refractivity (Wildman–Crippen MR) is 115 cm³/mol. The molecule has 0 radical (unpaired) electrons. The van der Waals surface area contributed by atoms with Crippen molar-refractivity contribution in [3.8, 4) is 0 Å². The molecule has 0 aromatic rings. The van der Waals surface area contributed by atoms with Gasteiger partial charge in [-0.05, 0) is 51.9 Å². The Morgan fingerprint density at radius 1 is 1.19 bits per heavy atom. The molecule has 1 saturated heterocycles. The van der Waals surface area contributed by atoms with Gasteiger partial charge in [-0.25, -0.2) is 0 Å². The van der Waals surface area contributed by atoms with Crippen molar-refractivity contribution in [2.24, 2.45) is 22.2 Å². The number of hydrogen-bond acceptors (Lipinski definition) is 4. The number of guanidine groups is 1. The van der Waals surface area contributed by atoms with Crippen molar-refractivity contribution in [2.45, 2.75) is 76.5 Å². The van der Waals surface area contributed by atoms with Crippen LogP contribution in [0.2, 0.25) is 0 Å². The Morgan fingerprint density at radius 2 is 1.93 bits per heavy atom. The number of aliphatic imine (C=N–C) groups is 1. The normalized spacial score (nSPS) is 36.7. The second-order valence-electron chi connectivity index (χ2n) is 8.47. The fourth-order valence-electron chi connectivity index (χ4n) is 5.70. The van der Waals surface area contributed by atoms with Gasteiger partial charge in [-0.2, -0.15) is 0 Å². The summed E-state index contributed by atoms with van der Waals surface area (Å²) in [5.74, 6) is 1.62. The minimum Gasteiger partial charge on any atom is -0.466 e. The number of nitrogens with zero attached hydrogens (tertiary/aromatic N) is 1.